The molecule has 2 aromatic rings. The number of guanidine groups is 1. The Balaban J connectivity index is 0.00000243. The number of anilines is 1. The van der Waals surface area contributed by atoms with Crippen LogP contribution >= 0.6 is 24.0 Å². The molecule has 1 aliphatic rings. The fourth-order valence-corrected chi connectivity index (χ4v) is 3.97. The Morgan fingerprint density at radius 3 is 2.69 bits per heavy atom. The number of nitrogens with two attached hydrogens (primary N) is 1. The molecule has 0 saturated carbocycles. The first kappa shape index (κ1) is 20.7. The number of hydrogen-bond donors (Lipinski definition) is 2. The minimum absolute atomic E-state index is 0. The molecule has 0 radical (unpaired) electrons. The first-order chi connectivity index (χ1) is 12.0. The van der Waals surface area contributed by atoms with Gasteiger partial charge in [-0.1, -0.05) is 25.1 Å². The summed E-state index contributed by atoms with van der Waals surface area (Å²) >= 11 is 0. The molecular weight excluding hydrogens is 461 g/mol. The summed E-state index contributed by atoms with van der Waals surface area (Å²) in [4.78, 5) is 4.65. The van der Waals surface area contributed by atoms with Gasteiger partial charge in [0.2, 0.25) is 0 Å². The highest BCUT2D eigenvalue weighted by molar-refractivity contribution is 14.0. The zero-order valence-corrected chi connectivity index (χ0v) is 17.9. The van der Waals surface area contributed by atoms with Crippen LogP contribution in [0.3, 0.4) is 0 Å². The van der Waals surface area contributed by atoms with Gasteiger partial charge in [-0.15, -0.1) is 24.0 Å². The second kappa shape index (κ2) is 8.85. The summed E-state index contributed by atoms with van der Waals surface area (Å²) < 4.78 is 23.9. The van der Waals surface area contributed by atoms with E-state index in [2.05, 4.69) is 22.4 Å². The van der Waals surface area contributed by atoms with Gasteiger partial charge in [0, 0.05) is 5.69 Å². The van der Waals surface area contributed by atoms with Crippen LogP contribution in [0.5, 0.6) is 0 Å². The number of nitrogens with zero attached hydrogens (tertiary/aromatic N) is 1. The van der Waals surface area contributed by atoms with E-state index in [1.165, 1.54) is 17.5 Å². The zero-order valence-electron chi connectivity index (χ0n) is 14.7. The average Bonchev–Trinajstić information content (AvgIpc) is 3.08. The highest BCUT2D eigenvalue weighted by Crippen LogP contribution is 2.24. The summed E-state index contributed by atoms with van der Waals surface area (Å²) in [5.41, 5.74) is 10.5. The second-order valence-electron chi connectivity index (χ2n) is 6.21. The third-order valence-corrected chi connectivity index (χ3v) is 6.17. The van der Waals surface area contributed by atoms with Gasteiger partial charge < -0.3 is 11.1 Å². The molecule has 3 rings (SSSR count). The number of halogens is 1. The van der Waals surface area contributed by atoms with Crippen molar-refractivity contribution in [2.45, 2.75) is 37.6 Å². The van der Waals surface area contributed by atoms with Gasteiger partial charge in [0.25, 0.3) is 0 Å². The summed E-state index contributed by atoms with van der Waals surface area (Å²) in [6, 6.07) is 13.1. The second-order valence-corrected chi connectivity index (χ2v) is 8.49. The highest BCUT2D eigenvalue weighted by atomic mass is 127. The van der Waals surface area contributed by atoms with E-state index in [9.17, 15) is 8.42 Å². The lowest BCUT2D eigenvalue weighted by Gasteiger charge is -2.08. The molecule has 0 amide bonds. The van der Waals surface area contributed by atoms with Crippen molar-refractivity contribution in [1.82, 2.24) is 0 Å². The standard InChI is InChI=1S/C19H23N3O2S.HI/c1-2-25(23,24)18-8-3-5-14(11-18)13-21-19(20)22-17-10-9-15-6-4-7-16(15)12-17;/h3,5,8-12H,2,4,6-7,13H2,1H3,(H3,20,21,22);1H. The molecule has 26 heavy (non-hydrogen) atoms. The third kappa shape index (κ3) is 4.97. The van der Waals surface area contributed by atoms with Crippen molar-refractivity contribution >= 4 is 45.5 Å². The van der Waals surface area contributed by atoms with E-state index < -0.39 is 9.84 Å². The largest absolute Gasteiger partial charge is 0.370 e. The summed E-state index contributed by atoms with van der Waals surface area (Å²) in [5.74, 6) is 0.406. The summed E-state index contributed by atoms with van der Waals surface area (Å²) in [6.45, 7) is 1.97. The number of nitrogens with one attached hydrogen (secondary N) is 1. The Bertz CT molecular complexity index is 911. The maximum Gasteiger partial charge on any atom is 0.193 e. The molecule has 5 nitrogen and oxygen atoms in total. The van der Waals surface area contributed by atoms with Gasteiger partial charge in [0.1, 0.15) is 0 Å². The SMILES string of the molecule is CCS(=O)(=O)c1cccc(CN=C(N)Nc2ccc3c(c2)CCC3)c1.I. The lowest BCUT2D eigenvalue weighted by atomic mass is 10.1. The van der Waals surface area contributed by atoms with Crippen LogP contribution < -0.4 is 11.1 Å². The third-order valence-electron chi connectivity index (χ3n) is 4.44. The molecule has 0 saturated heterocycles. The Morgan fingerprint density at radius 2 is 1.92 bits per heavy atom. The van der Waals surface area contributed by atoms with Crippen molar-refractivity contribution in [2.24, 2.45) is 10.7 Å². The lowest BCUT2D eigenvalue weighted by molar-refractivity contribution is 0.597. The van der Waals surface area contributed by atoms with Gasteiger partial charge in [0.15, 0.2) is 15.8 Å². The summed E-state index contributed by atoms with van der Waals surface area (Å²) in [6.07, 6.45) is 3.47. The van der Waals surface area contributed by atoms with E-state index in [1.807, 2.05) is 12.1 Å². The van der Waals surface area contributed by atoms with Gasteiger partial charge in [-0.25, -0.2) is 13.4 Å². The van der Waals surface area contributed by atoms with Gasteiger partial charge in [-0.3, -0.25) is 0 Å². The topological polar surface area (TPSA) is 84.5 Å². The molecule has 0 unspecified atom stereocenters. The number of fused-ring (bicyclic) bond motifs is 1. The normalized spacial score (nSPS) is 13.8. The van der Waals surface area contributed by atoms with Gasteiger partial charge in [-0.2, -0.15) is 0 Å². The zero-order chi connectivity index (χ0) is 17.9. The molecule has 140 valence electrons. The fourth-order valence-electron chi connectivity index (χ4n) is 3.02. The fraction of sp³-hybridized carbons (Fsp3) is 0.316. The number of sulfone groups is 1. The molecule has 0 fully saturated rings. The van der Waals surface area contributed by atoms with Crippen LogP contribution in [0.4, 0.5) is 5.69 Å². The molecule has 0 aliphatic heterocycles. The molecule has 3 N–H and O–H groups in total. The molecule has 0 bridgehead atoms. The monoisotopic (exact) mass is 485 g/mol. The van der Waals surface area contributed by atoms with E-state index in [-0.39, 0.29) is 29.7 Å². The first-order valence-corrected chi connectivity index (χ1v) is 10.1. The van der Waals surface area contributed by atoms with Gasteiger partial charge in [0.05, 0.1) is 17.2 Å². The van der Waals surface area contributed by atoms with Crippen molar-refractivity contribution in [2.75, 3.05) is 11.1 Å². The van der Waals surface area contributed by atoms with Crippen LogP contribution in [-0.2, 0) is 29.2 Å². The average molecular weight is 485 g/mol. The number of hydrogen-bond acceptors (Lipinski definition) is 3. The Hall–Kier alpha value is -1.61. The molecule has 0 heterocycles. The number of benzene rings is 2. The van der Waals surface area contributed by atoms with Crippen molar-refractivity contribution in [3.05, 3.63) is 59.2 Å². The van der Waals surface area contributed by atoms with Crippen LogP contribution in [-0.4, -0.2) is 20.1 Å². The van der Waals surface area contributed by atoms with Crippen molar-refractivity contribution < 1.29 is 8.42 Å². The highest BCUT2D eigenvalue weighted by Gasteiger charge is 2.12. The number of rotatable bonds is 5. The smallest absolute Gasteiger partial charge is 0.193 e. The van der Waals surface area contributed by atoms with E-state index in [0.717, 1.165) is 24.1 Å². The molecule has 0 aromatic heterocycles. The van der Waals surface area contributed by atoms with Crippen LogP contribution in [0.15, 0.2) is 52.4 Å². The van der Waals surface area contributed by atoms with Crippen molar-refractivity contribution in [1.29, 1.82) is 0 Å². The lowest BCUT2D eigenvalue weighted by Crippen LogP contribution is -2.22. The number of aryl methyl sites for hydroxylation is 2. The molecule has 2 aromatic carbocycles. The summed E-state index contributed by atoms with van der Waals surface area (Å²) in [7, 11) is -3.21. The minimum Gasteiger partial charge on any atom is -0.370 e. The molecule has 0 atom stereocenters. The molecule has 7 heteroatoms. The van der Waals surface area contributed by atoms with E-state index in [1.54, 1.807) is 25.1 Å². The first-order valence-electron chi connectivity index (χ1n) is 8.48. The number of aliphatic imine (C=N–C) groups is 1. The Morgan fingerprint density at radius 1 is 1.15 bits per heavy atom. The van der Waals surface area contributed by atoms with Crippen molar-refractivity contribution in [3.8, 4) is 0 Å². The van der Waals surface area contributed by atoms with E-state index >= 15 is 0 Å². The van der Waals surface area contributed by atoms with Gasteiger partial charge in [-0.05, 0) is 60.2 Å². The molecule has 1 aliphatic carbocycles. The van der Waals surface area contributed by atoms with Gasteiger partial charge >= 0.3 is 0 Å². The van der Waals surface area contributed by atoms with Crippen LogP contribution in [0.2, 0.25) is 0 Å². The van der Waals surface area contributed by atoms with E-state index in [0.29, 0.717) is 17.4 Å². The van der Waals surface area contributed by atoms with E-state index in [4.69, 9.17) is 5.73 Å². The van der Waals surface area contributed by atoms with Crippen LogP contribution in [0.25, 0.3) is 0 Å². The maximum absolute atomic E-state index is 12.0. The predicted octanol–water partition coefficient (Wildman–Crippen LogP) is 3.51. The Labute approximate surface area is 172 Å². The molecular formula is C19H24IN3O2S. The van der Waals surface area contributed by atoms with Crippen molar-refractivity contribution in [3.63, 3.8) is 0 Å². The summed E-state index contributed by atoms with van der Waals surface area (Å²) in [5, 5.41) is 3.11. The van der Waals surface area contributed by atoms with Crippen LogP contribution in [0.1, 0.15) is 30.0 Å². The predicted molar refractivity (Wildman–Crippen MR) is 117 cm³/mol. The maximum atomic E-state index is 12.0. The minimum atomic E-state index is -3.21. The van der Waals surface area contributed by atoms with Crippen LogP contribution in [0, 0.1) is 0 Å². The quantitative estimate of drug-likeness (QED) is 0.386. The molecule has 0 spiro atoms. The Kier molecular flexibility index (Phi) is 7.05.